The molecule has 2 aromatic rings. The molecule has 0 spiro atoms. The molecule has 2 rings (SSSR count). The first-order chi connectivity index (χ1) is 13.9. The fourth-order valence-electron chi connectivity index (χ4n) is 2.63. The number of nitrogens with one attached hydrogen (secondary N) is 2. The Morgan fingerprint density at radius 3 is 2.14 bits per heavy atom. The van der Waals surface area contributed by atoms with Gasteiger partial charge in [-0.15, -0.1) is 0 Å². The number of benzene rings is 2. The van der Waals surface area contributed by atoms with Crippen molar-refractivity contribution in [2.24, 2.45) is 0 Å². The normalized spacial score (nSPS) is 10.2. The highest BCUT2D eigenvalue weighted by Gasteiger charge is 2.14. The van der Waals surface area contributed by atoms with E-state index in [1.165, 1.54) is 6.92 Å². The van der Waals surface area contributed by atoms with Gasteiger partial charge in [0.2, 0.25) is 0 Å². The molecule has 0 aliphatic rings. The molecule has 2 amide bonds. The predicted octanol–water partition coefficient (Wildman–Crippen LogP) is 2.98. The molecule has 7 nitrogen and oxygen atoms in total. The van der Waals surface area contributed by atoms with Gasteiger partial charge in [0.1, 0.15) is 0 Å². The van der Waals surface area contributed by atoms with Crippen molar-refractivity contribution in [3.8, 4) is 11.5 Å². The highest BCUT2D eigenvalue weighted by Crippen LogP contribution is 2.28. The molecule has 0 saturated carbocycles. The largest absolute Gasteiger partial charge is 0.490 e. The summed E-state index contributed by atoms with van der Waals surface area (Å²) in [5.41, 5.74) is 1.94. The molecule has 0 heterocycles. The third-order valence-electron chi connectivity index (χ3n) is 4.06. The van der Waals surface area contributed by atoms with E-state index in [1.807, 2.05) is 32.0 Å². The monoisotopic (exact) mass is 398 g/mol. The van der Waals surface area contributed by atoms with Crippen LogP contribution in [0.25, 0.3) is 0 Å². The lowest BCUT2D eigenvalue weighted by atomic mass is 10.1. The maximum atomic E-state index is 12.0. The van der Waals surface area contributed by atoms with E-state index in [1.54, 1.807) is 24.3 Å². The van der Waals surface area contributed by atoms with Gasteiger partial charge in [0, 0.05) is 17.8 Å². The first-order valence-electron chi connectivity index (χ1n) is 9.53. The third-order valence-corrected chi connectivity index (χ3v) is 4.06. The van der Waals surface area contributed by atoms with Crippen LogP contribution in [-0.2, 0) is 16.0 Å². The molecular weight excluding hydrogens is 372 g/mol. The van der Waals surface area contributed by atoms with Crippen LogP contribution in [0.5, 0.6) is 11.5 Å². The molecule has 7 heteroatoms. The number of carbonyl (C=O) groups is 3. The Labute approximate surface area is 170 Å². The van der Waals surface area contributed by atoms with E-state index < -0.39 is 11.8 Å². The molecule has 0 radical (unpaired) electrons. The molecule has 0 bridgehead atoms. The van der Waals surface area contributed by atoms with E-state index in [-0.39, 0.29) is 5.78 Å². The smallest absolute Gasteiger partial charge is 0.313 e. The molecule has 0 aliphatic carbocycles. The van der Waals surface area contributed by atoms with Gasteiger partial charge in [-0.1, -0.05) is 6.07 Å². The lowest BCUT2D eigenvalue weighted by molar-refractivity contribution is -0.136. The summed E-state index contributed by atoms with van der Waals surface area (Å²) in [6.07, 6.45) is 0.540. The summed E-state index contributed by atoms with van der Waals surface area (Å²) in [7, 11) is 0. The zero-order valence-corrected chi connectivity index (χ0v) is 16.9. The van der Waals surface area contributed by atoms with E-state index in [4.69, 9.17) is 9.47 Å². The zero-order valence-electron chi connectivity index (χ0n) is 16.9. The van der Waals surface area contributed by atoms with Crippen molar-refractivity contribution in [2.75, 3.05) is 25.1 Å². The van der Waals surface area contributed by atoms with Crippen molar-refractivity contribution in [3.63, 3.8) is 0 Å². The van der Waals surface area contributed by atoms with Crippen LogP contribution < -0.4 is 20.1 Å². The molecule has 0 unspecified atom stereocenters. The minimum Gasteiger partial charge on any atom is -0.490 e. The highest BCUT2D eigenvalue weighted by atomic mass is 16.5. The highest BCUT2D eigenvalue weighted by molar-refractivity contribution is 6.39. The maximum Gasteiger partial charge on any atom is 0.313 e. The number of ether oxygens (including phenoxy) is 2. The van der Waals surface area contributed by atoms with E-state index >= 15 is 0 Å². The quantitative estimate of drug-likeness (QED) is 0.500. The van der Waals surface area contributed by atoms with Crippen LogP contribution in [0.15, 0.2) is 42.5 Å². The summed E-state index contributed by atoms with van der Waals surface area (Å²) >= 11 is 0. The molecule has 2 aromatic carbocycles. The summed E-state index contributed by atoms with van der Waals surface area (Å²) in [5, 5.41) is 5.10. The SMILES string of the molecule is CCOc1ccc(CCNC(=O)C(=O)Nc2ccc(C(C)=O)cc2)cc1OCC. The van der Waals surface area contributed by atoms with Gasteiger partial charge >= 0.3 is 11.8 Å². The lowest BCUT2D eigenvalue weighted by Gasteiger charge is -2.12. The number of amides is 2. The van der Waals surface area contributed by atoms with Gasteiger partial charge in [0.05, 0.1) is 13.2 Å². The summed E-state index contributed by atoms with van der Waals surface area (Å²) in [6.45, 7) is 6.63. The predicted molar refractivity (Wildman–Crippen MR) is 111 cm³/mol. The Morgan fingerprint density at radius 2 is 1.52 bits per heavy atom. The minimum absolute atomic E-state index is 0.0672. The first-order valence-corrected chi connectivity index (χ1v) is 9.53. The summed E-state index contributed by atoms with van der Waals surface area (Å²) in [6, 6.07) is 12.0. The van der Waals surface area contributed by atoms with Gasteiger partial charge in [0.25, 0.3) is 0 Å². The van der Waals surface area contributed by atoms with Crippen molar-refractivity contribution < 1.29 is 23.9 Å². The Balaban J connectivity index is 1.86. The second-order valence-corrected chi connectivity index (χ2v) is 6.24. The van der Waals surface area contributed by atoms with E-state index in [2.05, 4.69) is 10.6 Å². The number of carbonyl (C=O) groups excluding carboxylic acids is 3. The summed E-state index contributed by atoms with van der Waals surface area (Å²) in [5.74, 6) is -0.219. The topological polar surface area (TPSA) is 93.7 Å². The number of rotatable bonds is 9. The standard InChI is InChI=1S/C22H26N2O5/c1-4-28-19-11-6-16(14-20(19)29-5-2)12-13-23-21(26)22(27)24-18-9-7-17(8-10-18)15(3)25/h6-11,14H,4-5,12-13H2,1-3H3,(H,23,26)(H,24,27). The molecule has 0 aromatic heterocycles. The fourth-order valence-corrected chi connectivity index (χ4v) is 2.63. The van der Waals surface area contributed by atoms with Crippen LogP contribution in [0.4, 0.5) is 5.69 Å². The summed E-state index contributed by atoms with van der Waals surface area (Å²) in [4.78, 5) is 35.3. The van der Waals surface area contributed by atoms with Crippen molar-refractivity contribution in [1.29, 1.82) is 0 Å². The van der Waals surface area contributed by atoms with Crippen LogP contribution in [0.2, 0.25) is 0 Å². The van der Waals surface area contributed by atoms with Crippen molar-refractivity contribution in [2.45, 2.75) is 27.2 Å². The Bertz CT molecular complexity index is 862. The number of Topliss-reactive ketones (excluding diaryl/α,β-unsaturated/α-hetero) is 1. The van der Waals surface area contributed by atoms with Gasteiger partial charge in [-0.3, -0.25) is 14.4 Å². The van der Waals surface area contributed by atoms with Gasteiger partial charge in [0.15, 0.2) is 17.3 Å². The second kappa shape index (κ2) is 10.8. The first kappa shape index (κ1) is 21.9. The average Bonchev–Trinajstić information content (AvgIpc) is 2.70. The van der Waals surface area contributed by atoms with Crippen molar-refractivity contribution in [1.82, 2.24) is 5.32 Å². The number of anilines is 1. The number of ketones is 1. The Morgan fingerprint density at radius 1 is 0.862 bits per heavy atom. The number of hydrogen-bond donors (Lipinski definition) is 2. The van der Waals surface area contributed by atoms with Gasteiger partial charge in [-0.25, -0.2) is 0 Å². The lowest BCUT2D eigenvalue weighted by Crippen LogP contribution is -2.36. The molecular formula is C22H26N2O5. The Kier molecular flexibility index (Phi) is 8.21. The van der Waals surface area contributed by atoms with Crippen molar-refractivity contribution >= 4 is 23.3 Å². The third kappa shape index (κ3) is 6.64. The van der Waals surface area contributed by atoms with Gasteiger partial charge in [-0.2, -0.15) is 0 Å². The second-order valence-electron chi connectivity index (χ2n) is 6.24. The molecule has 0 aliphatic heterocycles. The van der Waals surface area contributed by atoms with Gasteiger partial charge < -0.3 is 20.1 Å². The molecule has 0 fully saturated rings. The van der Waals surface area contributed by atoms with Crippen molar-refractivity contribution in [3.05, 3.63) is 53.6 Å². The number of hydrogen-bond acceptors (Lipinski definition) is 5. The van der Waals surface area contributed by atoms with E-state index in [0.717, 1.165) is 5.56 Å². The minimum atomic E-state index is -0.762. The molecule has 0 saturated heterocycles. The van der Waals surface area contributed by atoms with E-state index in [9.17, 15) is 14.4 Å². The maximum absolute atomic E-state index is 12.0. The Hall–Kier alpha value is -3.35. The van der Waals surface area contributed by atoms with Crippen LogP contribution in [0.3, 0.4) is 0 Å². The molecule has 29 heavy (non-hydrogen) atoms. The molecule has 0 atom stereocenters. The van der Waals surface area contributed by atoms with Gasteiger partial charge in [-0.05, 0) is 69.2 Å². The molecule has 154 valence electrons. The zero-order chi connectivity index (χ0) is 21.2. The van der Waals surface area contributed by atoms with Crippen LogP contribution in [-0.4, -0.2) is 37.4 Å². The average molecular weight is 398 g/mol. The van der Waals surface area contributed by atoms with Crippen LogP contribution >= 0.6 is 0 Å². The van der Waals surface area contributed by atoms with Crippen LogP contribution in [0.1, 0.15) is 36.7 Å². The fraction of sp³-hybridized carbons (Fsp3) is 0.318. The van der Waals surface area contributed by atoms with E-state index in [0.29, 0.717) is 48.9 Å². The summed E-state index contributed by atoms with van der Waals surface area (Å²) < 4.78 is 11.1. The molecule has 2 N–H and O–H groups in total. The van der Waals surface area contributed by atoms with Crippen LogP contribution in [0, 0.1) is 0 Å².